The maximum absolute atomic E-state index is 12.8. The first-order valence-electron chi connectivity index (χ1n) is 8.81. The molecule has 1 fully saturated rings. The molecule has 0 aliphatic carbocycles. The van der Waals surface area contributed by atoms with E-state index in [-0.39, 0.29) is 17.9 Å². The van der Waals surface area contributed by atoms with E-state index in [4.69, 9.17) is 5.11 Å². The molecule has 2 unspecified atom stereocenters. The maximum atomic E-state index is 12.8. The summed E-state index contributed by atoms with van der Waals surface area (Å²) in [6.45, 7) is 4.54. The lowest BCUT2D eigenvalue weighted by molar-refractivity contribution is -0.146. The number of carboxylic acids is 1. The standard InChI is InChI=1S/C19H26N2O4/c1-3-16(14-7-5-4-6-8-14)18(23)21-11-9-15(10-12-21)20-17(22)13(2)19(24)25/h4-8,13,15-16H,3,9-12H2,1-2H3,(H,20,22)(H,24,25). The number of amides is 2. The van der Waals surface area contributed by atoms with Gasteiger partial charge in [-0.3, -0.25) is 14.4 Å². The van der Waals surface area contributed by atoms with Gasteiger partial charge in [0.15, 0.2) is 0 Å². The minimum Gasteiger partial charge on any atom is -0.481 e. The molecule has 25 heavy (non-hydrogen) atoms. The molecule has 1 heterocycles. The Morgan fingerprint density at radius 1 is 1.20 bits per heavy atom. The summed E-state index contributed by atoms with van der Waals surface area (Å²) in [4.78, 5) is 37.4. The van der Waals surface area contributed by atoms with E-state index in [1.165, 1.54) is 6.92 Å². The second-order valence-corrected chi connectivity index (χ2v) is 6.54. The Hall–Kier alpha value is -2.37. The highest BCUT2D eigenvalue weighted by Gasteiger charge is 2.30. The quantitative estimate of drug-likeness (QED) is 0.772. The maximum Gasteiger partial charge on any atom is 0.315 e. The first kappa shape index (κ1) is 19.0. The molecular formula is C19H26N2O4. The zero-order chi connectivity index (χ0) is 18.4. The van der Waals surface area contributed by atoms with E-state index in [9.17, 15) is 14.4 Å². The summed E-state index contributed by atoms with van der Waals surface area (Å²) in [7, 11) is 0. The van der Waals surface area contributed by atoms with Gasteiger partial charge in [0.05, 0.1) is 5.92 Å². The monoisotopic (exact) mass is 346 g/mol. The third-order valence-corrected chi connectivity index (χ3v) is 4.83. The molecule has 2 atom stereocenters. The van der Waals surface area contributed by atoms with Crippen LogP contribution < -0.4 is 5.32 Å². The van der Waals surface area contributed by atoms with E-state index in [2.05, 4.69) is 5.32 Å². The summed E-state index contributed by atoms with van der Waals surface area (Å²) in [5.74, 6) is -2.66. The van der Waals surface area contributed by atoms with Crippen LogP contribution in [0.4, 0.5) is 0 Å². The smallest absolute Gasteiger partial charge is 0.315 e. The molecular weight excluding hydrogens is 320 g/mol. The van der Waals surface area contributed by atoms with Crippen molar-refractivity contribution in [1.82, 2.24) is 10.2 Å². The van der Waals surface area contributed by atoms with Crippen molar-refractivity contribution in [2.45, 2.75) is 45.1 Å². The molecule has 1 aromatic rings. The van der Waals surface area contributed by atoms with E-state index < -0.39 is 17.8 Å². The average molecular weight is 346 g/mol. The van der Waals surface area contributed by atoms with Crippen LogP contribution in [0, 0.1) is 5.92 Å². The predicted octanol–water partition coefficient (Wildman–Crippen LogP) is 2.01. The zero-order valence-electron chi connectivity index (χ0n) is 14.8. The second kappa shape index (κ2) is 8.65. The Kier molecular flexibility index (Phi) is 6.56. The molecule has 2 amide bonds. The number of aliphatic carboxylic acids is 1. The van der Waals surface area contributed by atoms with Crippen molar-refractivity contribution in [3.8, 4) is 0 Å². The van der Waals surface area contributed by atoms with E-state index in [1.54, 1.807) is 0 Å². The molecule has 6 heteroatoms. The molecule has 0 spiro atoms. The number of nitrogens with zero attached hydrogens (tertiary/aromatic N) is 1. The van der Waals surface area contributed by atoms with Crippen molar-refractivity contribution in [2.75, 3.05) is 13.1 Å². The van der Waals surface area contributed by atoms with E-state index >= 15 is 0 Å². The number of piperidine rings is 1. The first-order chi connectivity index (χ1) is 11.9. The number of carbonyl (C=O) groups excluding carboxylic acids is 2. The van der Waals surface area contributed by atoms with Crippen LogP contribution >= 0.6 is 0 Å². The summed E-state index contributed by atoms with van der Waals surface area (Å²) in [6.07, 6.45) is 2.04. The van der Waals surface area contributed by atoms with Crippen molar-refractivity contribution >= 4 is 17.8 Å². The molecule has 1 aliphatic heterocycles. The van der Waals surface area contributed by atoms with Gasteiger partial charge in [-0.1, -0.05) is 37.3 Å². The van der Waals surface area contributed by atoms with Crippen LogP contribution in [0.2, 0.25) is 0 Å². The van der Waals surface area contributed by atoms with Gasteiger partial charge in [0.2, 0.25) is 11.8 Å². The fraction of sp³-hybridized carbons (Fsp3) is 0.526. The van der Waals surface area contributed by atoms with Crippen LogP contribution in [0.5, 0.6) is 0 Å². The van der Waals surface area contributed by atoms with Crippen LogP contribution in [-0.4, -0.2) is 46.9 Å². The Morgan fingerprint density at radius 2 is 1.80 bits per heavy atom. The van der Waals surface area contributed by atoms with Gasteiger partial charge in [-0.2, -0.15) is 0 Å². The van der Waals surface area contributed by atoms with Crippen LogP contribution in [0.25, 0.3) is 0 Å². The number of benzene rings is 1. The minimum absolute atomic E-state index is 0.0739. The third kappa shape index (κ3) is 4.81. The van der Waals surface area contributed by atoms with Gasteiger partial charge in [-0.05, 0) is 31.7 Å². The van der Waals surface area contributed by atoms with Crippen molar-refractivity contribution in [3.05, 3.63) is 35.9 Å². The van der Waals surface area contributed by atoms with Gasteiger partial charge in [0.1, 0.15) is 5.92 Å². The highest BCUT2D eigenvalue weighted by molar-refractivity contribution is 5.96. The molecule has 136 valence electrons. The minimum atomic E-state index is -1.13. The largest absolute Gasteiger partial charge is 0.481 e. The number of carboxylic acid groups (broad SMARTS) is 1. The Balaban J connectivity index is 1.90. The molecule has 0 saturated carbocycles. The molecule has 6 nitrogen and oxygen atoms in total. The number of hydrogen-bond donors (Lipinski definition) is 2. The van der Waals surface area contributed by atoms with Crippen LogP contribution in [-0.2, 0) is 14.4 Å². The van der Waals surface area contributed by atoms with E-state index in [1.807, 2.05) is 42.2 Å². The molecule has 0 radical (unpaired) electrons. The number of hydrogen-bond acceptors (Lipinski definition) is 3. The Labute approximate surface area is 148 Å². The molecule has 2 N–H and O–H groups in total. The van der Waals surface area contributed by atoms with Crippen LogP contribution in [0.1, 0.15) is 44.6 Å². The third-order valence-electron chi connectivity index (χ3n) is 4.83. The lowest BCUT2D eigenvalue weighted by atomic mass is 9.93. The van der Waals surface area contributed by atoms with Crippen molar-refractivity contribution in [1.29, 1.82) is 0 Å². The Bertz CT molecular complexity index is 609. The van der Waals surface area contributed by atoms with Gasteiger partial charge in [-0.15, -0.1) is 0 Å². The first-order valence-corrected chi connectivity index (χ1v) is 8.81. The topological polar surface area (TPSA) is 86.7 Å². The van der Waals surface area contributed by atoms with Gasteiger partial charge in [0.25, 0.3) is 0 Å². The van der Waals surface area contributed by atoms with Crippen LogP contribution in [0.15, 0.2) is 30.3 Å². The van der Waals surface area contributed by atoms with E-state index in [0.717, 1.165) is 12.0 Å². The predicted molar refractivity (Wildman–Crippen MR) is 94.0 cm³/mol. The molecule has 1 aliphatic rings. The SMILES string of the molecule is CCC(C(=O)N1CCC(NC(=O)C(C)C(=O)O)CC1)c1ccccc1. The summed E-state index contributed by atoms with van der Waals surface area (Å²) in [6, 6.07) is 9.70. The molecule has 2 rings (SSSR count). The lowest BCUT2D eigenvalue weighted by Gasteiger charge is -2.34. The molecule has 0 aromatic heterocycles. The van der Waals surface area contributed by atoms with Crippen molar-refractivity contribution < 1.29 is 19.5 Å². The van der Waals surface area contributed by atoms with Gasteiger partial charge in [0, 0.05) is 19.1 Å². The summed E-state index contributed by atoms with van der Waals surface area (Å²) in [5, 5.41) is 11.7. The van der Waals surface area contributed by atoms with Gasteiger partial charge >= 0.3 is 5.97 Å². The zero-order valence-corrected chi connectivity index (χ0v) is 14.8. The summed E-state index contributed by atoms with van der Waals surface area (Å²) in [5.41, 5.74) is 1.03. The molecule has 0 bridgehead atoms. The average Bonchev–Trinajstić information content (AvgIpc) is 2.63. The number of carbonyl (C=O) groups is 3. The van der Waals surface area contributed by atoms with Crippen molar-refractivity contribution in [3.63, 3.8) is 0 Å². The second-order valence-electron chi connectivity index (χ2n) is 6.54. The van der Waals surface area contributed by atoms with Gasteiger partial charge in [-0.25, -0.2) is 0 Å². The van der Waals surface area contributed by atoms with E-state index in [0.29, 0.717) is 25.9 Å². The fourth-order valence-corrected chi connectivity index (χ4v) is 3.14. The normalized spacial score (nSPS) is 17.6. The molecule has 1 aromatic carbocycles. The fourth-order valence-electron chi connectivity index (χ4n) is 3.14. The number of rotatable bonds is 6. The highest BCUT2D eigenvalue weighted by Crippen LogP contribution is 2.24. The Morgan fingerprint density at radius 3 is 2.32 bits per heavy atom. The number of nitrogens with one attached hydrogen (secondary N) is 1. The molecule has 1 saturated heterocycles. The summed E-state index contributed by atoms with van der Waals surface area (Å²) >= 11 is 0. The van der Waals surface area contributed by atoms with Crippen LogP contribution in [0.3, 0.4) is 0 Å². The number of likely N-dealkylation sites (tertiary alicyclic amines) is 1. The van der Waals surface area contributed by atoms with Gasteiger partial charge < -0.3 is 15.3 Å². The van der Waals surface area contributed by atoms with Crippen molar-refractivity contribution in [2.24, 2.45) is 5.92 Å². The highest BCUT2D eigenvalue weighted by atomic mass is 16.4. The lowest BCUT2D eigenvalue weighted by Crippen LogP contribution is -2.49. The summed E-state index contributed by atoms with van der Waals surface area (Å²) < 4.78 is 0.